The van der Waals surface area contributed by atoms with Crippen LogP contribution < -0.4 is 10.6 Å². The minimum atomic E-state index is -0.499. The van der Waals surface area contributed by atoms with Crippen LogP contribution in [0.25, 0.3) is 0 Å². The topological polar surface area (TPSA) is 77.7 Å². The van der Waals surface area contributed by atoms with Gasteiger partial charge in [-0.15, -0.1) is 0 Å². The normalized spacial score (nSPS) is 21.6. The Balaban J connectivity index is 1.67. The van der Waals surface area contributed by atoms with Crippen LogP contribution in [-0.2, 0) is 9.47 Å². The fourth-order valence-corrected chi connectivity index (χ4v) is 3.20. The lowest BCUT2D eigenvalue weighted by atomic mass is 9.89. The number of anilines is 1. The van der Waals surface area contributed by atoms with E-state index in [0.29, 0.717) is 24.9 Å². The van der Waals surface area contributed by atoms with Gasteiger partial charge in [0.05, 0.1) is 13.2 Å². The van der Waals surface area contributed by atoms with Crippen molar-refractivity contribution in [3.63, 3.8) is 0 Å². The van der Waals surface area contributed by atoms with Gasteiger partial charge in [-0.25, -0.2) is 0 Å². The number of amides is 1. The quantitative estimate of drug-likeness (QED) is 0.908. The molecule has 1 aromatic heterocycles. The van der Waals surface area contributed by atoms with Crippen LogP contribution in [0.15, 0.2) is 18.3 Å². The molecule has 1 saturated carbocycles. The molecule has 1 aliphatic carbocycles. The number of hydrogen-bond donors (Lipinski definition) is 1. The highest BCUT2D eigenvalue weighted by Crippen LogP contribution is 2.37. The smallest absolute Gasteiger partial charge is 0.267 e. The number of ether oxygens (including phenoxy) is 2. The van der Waals surface area contributed by atoms with Crippen molar-refractivity contribution in [3.8, 4) is 0 Å². The van der Waals surface area contributed by atoms with Gasteiger partial charge in [0.15, 0.2) is 5.79 Å². The highest BCUT2D eigenvalue weighted by Gasteiger charge is 2.41. The summed E-state index contributed by atoms with van der Waals surface area (Å²) in [7, 11) is 2.04. The fourth-order valence-electron chi connectivity index (χ4n) is 3.20. The van der Waals surface area contributed by atoms with E-state index in [1.807, 2.05) is 13.1 Å². The van der Waals surface area contributed by atoms with Gasteiger partial charge < -0.3 is 20.1 Å². The van der Waals surface area contributed by atoms with Crippen molar-refractivity contribution < 1.29 is 14.3 Å². The number of carbonyl (C=O) groups excluding carboxylic acids is 1. The third-order valence-electron chi connectivity index (χ3n) is 4.48. The molecule has 6 nitrogen and oxygen atoms in total. The van der Waals surface area contributed by atoms with E-state index in [1.54, 1.807) is 12.3 Å². The molecule has 21 heavy (non-hydrogen) atoms. The standard InChI is InChI=1S/C15H21N3O3/c1-18(12-4-7-17-13(10-12)14(16)19)11-2-5-15(6-3-11)20-8-9-21-15/h4,7,10-11H,2-3,5-6,8-9H2,1H3,(H2,16,19). The first-order valence-electron chi connectivity index (χ1n) is 7.36. The maximum absolute atomic E-state index is 11.2. The average molecular weight is 291 g/mol. The Kier molecular flexibility index (Phi) is 3.82. The van der Waals surface area contributed by atoms with Crippen molar-refractivity contribution in [2.24, 2.45) is 5.73 Å². The zero-order valence-electron chi connectivity index (χ0n) is 12.2. The number of primary amides is 1. The second-order valence-electron chi connectivity index (χ2n) is 5.71. The summed E-state index contributed by atoms with van der Waals surface area (Å²) >= 11 is 0. The molecule has 2 N–H and O–H groups in total. The van der Waals surface area contributed by atoms with E-state index in [0.717, 1.165) is 31.4 Å². The van der Waals surface area contributed by atoms with Crippen LogP contribution >= 0.6 is 0 Å². The molecule has 0 aromatic carbocycles. The number of carbonyl (C=O) groups is 1. The second-order valence-corrected chi connectivity index (χ2v) is 5.71. The minimum Gasteiger partial charge on any atom is -0.371 e. The van der Waals surface area contributed by atoms with E-state index >= 15 is 0 Å². The number of rotatable bonds is 3. The predicted octanol–water partition coefficient (Wildman–Crippen LogP) is 1.30. The summed E-state index contributed by atoms with van der Waals surface area (Å²) in [6.07, 6.45) is 5.46. The van der Waals surface area contributed by atoms with E-state index in [2.05, 4.69) is 9.88 Å². The second kappa shape index (κ2) is 5.61. The van der Waals surface area contributed by atoms with Crippen molar-refractivity contribution in [2.75, 3.05) is 25.2 Å². The van der Waals surface area contributed by atoms with Crippen LogP contribution in [0.5, 0.6) is 0 Å². The van der Waals surface area contributed by atoms with Gasteiger partial charge in [0.2, 0.25) is 0 Å². The largest absolute Gasteiger partial charge is 0.371 e. The van der Waals surface area contributed by atoms with Gasteiger partial charge in [-0.3, -0.25) is 9.78 Å². The lowest BCUT2D eigenvalue weighted by Crippen LogP contribution is -2.43. The fraction of sp³-hybridized carbons (Fsp3) is 0.600. The predicted molar refractivity (Wildman–Crippen MR) is 78.0 cm³/mol. The van der Waals surface area contributed by atoms with Crippen LogP contribution in [0.4, 0.5) is 5.69 Å². The SMILES string of the molecule is CN(c1ccnc(C(N)=O)c1)C1CCC2(CC1)OCCO2. The summed E-state index contributed by atoms with van der Waals surface area (Å²) in [6.45, 7) is 1.40. The number of nitrogens with zero attached hydrogens (tertiary/aromatic N) is 2. The molecular weight excluding hydrogens is 270 g/mol. The molecule has 1 spiro atoms. The number of pyridine rings is 1. The molecule has 1 aliphatic heterocycles. The van der Waals surface area contributed by atoms with Gasteiger partial charge in [-0.2, -0.15) is 0 Å². The third kappa shape index (κ3) is 2.87. The van der Waals surface area contributed by atoms with Gasteiger partial charge in [-0.05, 0) is 25.0 Å². The zero-order valence-corrected chi connectivity index (χ0v) is 12.2. The molecule has 6 heteroatoms. The molecule has 1 saturated heterocycles. The molecule has 1 aromatic rings. The minimum absolute atomic E-state index is 0.300. The molecule has 114 valence electrons. The number of aromatic nitrogens is 1. The van der Waals surface area contributed by atoms with Crippen molar-refractivity contribution >= 4 is 11.6 Å². The number of hydrogen-bond acceptors (Lipinski definition) is 5. The van der Waals surface area contributed by atoms with E-state index in [9.17, 15) is 4.79 Å². The Morgan fingerprint density at radius 3 is 2.67 bits per heavy atom. The summed E-state index contributed by atoms with van der Waals surface area (Å²) in [5.41, 5.74) is 6.55. The van der Waals surface area contributed by atoms with Gasteiger partial charge in [-0.1, -0.05) is 0 Å². The Bertz CT molecular complexity index is 519. The highest BCUT2D eigenvalue weighted by molar-refractivity contribution is 5.91. The summed E-state index contributed by atoms with van der Waals surface area (Å²) in [4.78, 5) is 17.4. The van der Waals surface area contributed by atoms with Crippen molar-refractivity contribution in [2.45, 2.75) is 37.5 Å². The van der Waals surface area contributed by atoms with Gasteiger partial charge in [0.25, 0.3) is 5.91 Å². The Morgan fingerprint density at radius 2 is 2.05 bits per heavy atom. The summed E-state index contributed by atoms with van der Waals surface area (Å²) in [6, 6.07) is 4.06. The van der Waals surface area contributed by atoms with Crippen LogP contribution in [-0.4, -0.2) is 43.0 Å². The molecule has 0 radical (unpaired) electrons. The summed E-state index contributed by atoms with van der Waals surface area (Å²) in [5.74, 6) is -0.839. The Labute approximate surface area is 124 Å². The first-order chi connectivity index (χ1) is 10.1. The monoisotopic (exact) mass is 291 g/mol. The number of nitrogens with two attached hydrogens (primary N) is 1. The van der Waals surface area contributed by atoms with Crippen molar-refractivity contribution in [1.29, 1.82) is 0 Å². The average Bonchev–Trinajstić information content (AvgIpc) is 2.96. The zero-order chi connectivity index (χ0) is 14.9. The molecule has 2 aliphatic rings. The molecule has 2 heterocycles. The summed E-state index contributed by atoms with van der Waals surface area (Å²) < 4.78 is 11.5. The molecule has 1 amide bonds. The van der Waals surface area contributed by atoms with Crippen LogP contribution in [0.1, 0.15) is 36.2 Å². The van der Waals surface area contributed by atoms with E-state index in [-0.39, 0.29) is 5.79 Å². The third-order valence-corrected chi connectivity index (χ3v) is 4.48. The lowest BCUT2D eigenvalue weighted by Gasteiger charge is -2.39. The van der Waals surface area contributed by atoms with Crippen LogP contribution in [0.3, 0.4) is 0 Å². The maximum atomic E-state index is 11.2. The molecule has 3 rings (SSSR count). The Hall–Kier alpha value is -1.66. The van der Waals surface area contributed by atoms with Crippen LogP contribution in [0, 0.1) is 0 Å². The van der Waals surface area contributed by atoms with E-state index in [4.69, 9.17) is 15.2 Å². The molecule has 2 fully saturated rings. The molecule has 0 bridgehead atoms. The van der Waals surface area contributed by atoms with Crippen molar-refractivity contribution in [1.82, 2.24) is 4.98 Å². The molecule has 0 atom stereocenters. The first kappa shape index (κ1) is 14.3. The van der Waals surface area contributed by atoms with Gasteiger partial charge in [0.1, 0.15) is 5.69 Å². The van der Waals surface area contributed by atoms with Gasteiger partial charge in [0, 0.05) is 37.8 Å². The van der Waals surface area contributed by atoms with E-state index < -0.39 is 5.91 Å². The van der Waals surface area contributed by atoms with E-state index in [1.165, 1.54) is 0 Å². The van der Waals surface area contributed by atoms with Crippen molar-refractivity contribution in [3.05, 3.63) is 24.0 Å². The molecule has 0 unspecified atom stereocenters. The maximum Gasteiger partial charge on any atom is 0.267 e. The van der Waals surface area contributed by atoms with Gasteiger partial charge >= 0.3 is 0 Å². The summed E-state index contributed by atoms with van der Waals surface area (Å²) in [5, 5.41) is 0. The highest BCUT2D eigenvalue weighted by atomic mass is 16.7. The van der Waals surface area contributed by atoms with Crippen LogP contribution in [0.2, 0.25) is 0 Å². The first-order valence-corrected chi connectivity index (χ1v) is 7.36. The Morgan fingerprint density at radius 1 is 1.38 bits per heavy atom. The lowest BCUT2D eigenvalue weighted by molar-refractivity contribution is -0.178. The molecular formula is C15H21N3O3.